The first kappa shape index (κ1) is 16.0. The molecule has 0 saturated heterocycles. The highest BCUT2D eigenvalue weighted by Gasteiger charge is 2.00. The lowest BCUT2D eigenvalue weighted by Crippen LogP contribution is -1.90. The average molecular weight is 314 g/mol. The molecule has 0 aliphatic rings. The third kappa shape index (κ3) is 4.60. The van der Waals surface area contributed by atoms with Gasteiger partial charge in [-0.2, -0.15) is 8.42 Å². The Morgan fingerprint density at radius 2 is 1.27 bits per heavy atom. The summed E-state index contributed by atoms with van der Waals surface area (Å²) in [5.41, 5.74) is 2.66. The van der Waals surface area contributed by atoms with Crippen molar-refractivity contribution in [3.63, 3.8) is 0 Å². The highest BCUT2D eigenvalue weighted by Crippen LogP contribution is 2.24. The van der Waals surface area contributed by atoms with Crippen molar-refractivity contribution in [2.75, 3.05) is 0 Å². The third-order valence-corrected chi connectivity index (χ3v) is 3.49. The molecule has 0 aliphatic heterocycles. The summed E-state index contributed by atoms with van der Waals surface area (Å²) in [6.45, 7) is 4.19. The lowest BCUT2D eigenvalue weighted by molar-refractivity contribution is 0.513. The van der Waals surface area contributed by atoms with Crippen molar-refractivity contribution in [3.05, 3.63) is 77.9 Å². The molecule has 0 N–H and O–H groups in total. The molecule has 114 valence electrons. The van der Waals surface area contributed by atoms with Gasteiger partial charge in [-0.05, 0) is 25.3 Å². The molecule has 0 heterocycles. The van der Waals surface area contributed by atoms with E-state index in [1.165, 1.54) is 11.1 Å². The van der Waals surface area contributed by atoms with Gasteiger partial charge in [-0.1, -0.05) is 71.8 Å². The Bertz CT molecular complexity index is 787. The Balaban J connectivity index is 0.000000188. The quantitative estimate of drug-likeness (QED) is 0.726. The summed E-state index contributed by atoms with van der Waals surface area (Å²) in [4.78, 5) is 0. The first-order chi connectivity index (χ1) is 10.6. The van der Waals surface area contributed by atoms with Crippen LogP contribution >= 0.6 is 0 Å². The second-order valence-electron chi connectivity index (χ2n) is 4.95. The Labute approximate surface area is 132 Å². The summed E-state index contributed by atoms with van der Waals surface area (Å²) in [5.74, 6) is 0.374. The van der Waals surface area contributed by atoms with E-state index < -0.39 is 11.0 Å². The second-order valence-corrected chi connectivity index (χ2v) is 5.58. The van der Waals surface area contributed by atoms with Gasteiger partial charge in [-0.3, -0.25) is 0 Å². The SMILES string of the molecule is Cc1ccc(C)cc1.O=[SH](=O)Oc1cccc2ccccc12. The average Bonchev–Trinajstić information content (AvgIpc) is 2.51. The summed E-state index contributed by atoms with van der Waals surface area (Å²) in [7, 11) is -2.85. The standard InChI is InChI=1S/C10H8O3S.C8H10/c11-14(12)13-10-7-3-5-8-4-1-2-6-9(8)10;1-7-3-5-8(2)6-4-7/h1-7,14H;3-6H,1-2H3. The zero-order chi connectivity index (χ0) is 15.9. The van der Waals surface area contributed by atoms with E-state index in [1.807, 2.05) is 30.3 Å². The fraction of sp³-hybridized carbons (Fsp3) is 0.111. The molecule has 0 atom stereocenters. The van der Waals surface area contributed by atoms with E-state index in [-0.39, 0.29) is 0 Å². The highest BCUT2D eigenvalue weighted by atomic mass is 32.2. The zero-order valence-corrected chi connectivity index (χ0v) is 13.4. The molecule has 0 unspecified atom stereocenters. The van der Waals surface area contributed by atoms with Crippen molar-refractivity contribution in [3.8, 4) is 5.75 Å². The summed E-state index contributed by atoms with van der Waals surface area (Å²) in [6, 6.07) is 21.2. The first-order valence-electron chi connectivity index (χ1n) is 6.89. The lowest BCUT2D eigenvalue weighted by atomic mass is 10.1. The Morgan fingerprint density at radius 1 is 0.727 bits per heavy atom. The van der Waals surface area contributed by atoms with Crippen molar-refractivity contribution >= 4 is 21.8 Å². The fourth-order valence-corrected chi connectivity index (χ4v) is 2.31. The van der Waals surface area contributed by atoms with Gasteiger partial charge in [0.2, 0.25) is 0 Å². The van der Waals surface area contributed by atoms with Crippen LogP contribution < -0.4 is 4.18 Å². The fourth-order valence-electron chi connectivity index (χ4n) is 1.99. The number of aryl methyl sites for hydroxylation is 2. The molecule has 0 bridgehead atoms. The molecule has 3 nitrogen and oxygen atoms in total. The van der Waals surface area contributed by atoms with Crippen molar-refractivity contribution in [1.82, 2.24) is 0 Å². The van der Waals surface area contributed by atoms with Gasteiger partial charge in [0, 0.05) is 5.39 Å². The van der Waals surface area contributed by atoms with Gasteiger partial charge in [0.25, 0.3) is 11.0 Å². The molecule has 3 aromatic rings. The highest BCUT2D eigenvalue weighted by molar-refractivity contribution is 7.67. The van der Waals surface area contributed by atoms with Crippen LogP contribution in [0.5, 0.6) is 5.75 Å². The molecular weight excluding hydrogens is 296 g/mol. The van der Waals surface area contributed by atoms with E-state index in [4.69, 9.17) is 0 Å². The Kier molecular flexibility index (Phi) is 5.55. The minimum Gasteiger partial charge on any atom is -0.384 e. The summed E-state index contributed by atoms with van der Waals surface area (Å²) < 4.78 is 25.5. The zero-order valence-electron chi connectivity index (χ0n) is 12.5. The van der Waals surface area contributed by atoms with Crippen LogP contribution in [0.3, 0.4) is 0 Å². The van der Waals surface area contributed by atoms with Gasteiger partial charge in [0.1, 0.15) is 5.75 Å². The largest absolute Gasteiger partial charge is 0.384 e. The molecular formula is C18H18O3S. The Hall–Kier alpha value is -2.33. The van der Waals surface area contributed by atoms with Crippen LogP contribution in [0.4, 0.5) is 0 Å². The van der Waals surface area contributed by atoms with Gasteiger partial charge < -0.3 is 4.18 Å². The van der Waals surface area contributed by atoms with Gasteiger partial charge in [-0.15, -0.1) is 0 Å². The summed E-state index contributed by atoms with van der Waals surface area (Å²) >= 11 is 0. The molecule has 0 saturated carbocycles. The number of hydrogen-bond donors (Lipinski definition) is 1. The molecule has 3 aromatic carbocycles. The van der Waals surface area contributed by atoms with Crippen LogP contribution in [-0.4, -0.2) is 8.42 Å². The van der Waals surface area contributed by atoms with Gasteiger partial charge >= 0.3 is 0 Å². The monoisotopic (exact) mass is 314 g/mol. The topological polar surface area (TPSA) is 43.4 Å². The van der Waals surface area contributed by atoms with E-state index in [1.54, 1.807) is 12.1 Å². The maximum absolute atomic E-state index is 10.4. The molecule has 0 aliphatic carbocycles. The minimum absolute atomic E-state index is 0.374. The third-order valence-electron chi connectivity index (χ3n) is 3.14. The predicted octanol–water partition coefficient (Wildman–Crippen LogP) is 4.05. The maximum atomic E-state index is 10.4. The van der Waals surface area contributed by atoms with Crippen LogP contribution in [-0.2, 0) is 11.0 Å². The maximum Gasteiger partial charge on any atom is 0.299 e. The van der Waals surface area contributed by atoms with Crippen LogP contribution in [0.2, 0.25) is 0 Å². The molecule has 0 radical (unpaired) electrons. The van der Waals surface area contributed by atoms with Crippen LogP contribution in [0, 0.1) is 13.8 Å². The van der Waals surface area contributed by atoms with Crippen molar-refractivity contribution in [1.29, 1.82) is 0 Å². The molecule has 0 amide bonds. The van der Waals surface area contributed by atoms with Crippen molar-refractivity contribution < 1.29 is 12.6 Å². The first-order valence-corrected chi connectivity index (χ1v) is 7.99. The lowest BCUT2D eigenvalue weighted by Gasteiger charge is -2.02. The van der Waals surface area contributed by atoms with Crippen LogP contribution in [0.25, 0.3) is 10.8 Å². The van der Waals surface area contributed by atoms with Crippen molar-refractivity contribution in [2.24, 2.45) is 0 Å². The van der Waals surface area contributed by atoms with E-state index in [2.05, 4.69) is 42.3 Å². The van der Waals surface area contributed by atoms with Crippen molar-refractivity contribution in [2.45, 2.75) is 13.8 Å². The van der Waals surface area contributed by atoms with E-state index >= 15 is 0 Å². The molecule has 0 spiro atoms. The number of benzene rings is 3. The van der Waals surface area contributed by atoms with Gasteiger partial charge in [-0.25, -0.2) is 0 Å². The molecule has 0 fully saturated rings. The van der Waals surface area contributed by atoms with Crippen LogP contribution in [0.15, 0.2) is 66.7 Å². The number of hydrogen-bond acceptors (Lipinski definition) is 3. The molecule has 0 aromatic heterocycles. The molecule has 3 rings (SSSR count). The number of fused-ring (bicyclic) bond motifs is 1. The van der Waals surface area contributed by atoms with Gasteiger partial charge in [0.05, 0.1) is 0 Å². The molecule has 22 heavy (non-hydrogen) atoms. The summed E-state index contributed by atoms with van der Waals surface area (Å²) in [6.07, 6.45) is 0. The minimum atomic E-state index is -2.85. The van der Waals surface area contributed by atoms with E-state index in [0.717, 1.165) is 10.8 Å². The summed E-state index contributed by atoms with van der Waals surface area (Å²) in [5, 5.41) is 1.76. The smallest absolute Gasteiger partial charge is 0.299 e. The second kappa shape index (κ2) is 7.61. The Morgan fingerprint density at radius 3 is 1.86 bits per heavy atom. The predicted molar refractivity (Wildman–Crippen MR) is 90.8 cm³/mol. The van der Waals surface area contributed by atoms with E-state index in [9.17, 15) is 8.42 Å². The normalized spacial score (nSPS) is 10.1. The van der Waals surface area contributed by atoms with Crippen LogP contribution in [0.1, 0.15) is 11.1 Å². The number of rotatable bonds is 2. The molecule has 4 heteroatoms. The van der Waals surface area contributed by atoms with Gasteiger partial charge in [0.15, 0.2) is 0 Å². The number of thiol groups is 1. The van der Waals surface area contributed by atoms with E-state index in [0.29, 0.717) is 5.75 Å².